The smallest absolute Gasteiger partial charge is 0.193 e. The maximum Gasteiger partial charge on any atom is 0.193 e. The number of thiazole rings is 1. The summed E-state index contributed by atoms with van der Waals surface area (Å²) in [5.74, 6) is 0.911. The van der Waals surface area contributed by atoms with E-state index < -0.39 is 0 Å². The van der Waals surface area contributed by atoms with E-state index in [0.29, 0.717) is 23.3 Å². The lowest BCUT2D eigenvalue weighted by Crippen LogP contribution is -2.22. The Bertz CT molecular complexity index is 880. The molecule has 0 fully saturated rings. The van der Waals surface area contributed by atoms with Gasteiger partial charge in [0.05, 0.1) is 24.4 Å². The summed E-state index contributed by atoms with van der Waals surface area (Å²) in [7, 11) is 1.57. The summed E-state index contributed by atoms with van der Waals surface area (Å²) in [5, 5.41) is 6.47. The standard InChI is InChI=1S/C18H17ClN4OS/c1-24-16-8-7-13(9-15(16)19)23-18(20)21-10-14-11-25-17(22-14)12-5-3-2-4-6-12/h2-9,11H,10H2,1H3,(H3,20,21,23). The summed E-state index contributed by atoms with van der Waals surface area (Å²) in [6, 6.07) is 15.4. The molecule has 5 nitrogen and oxygen atoms in total. The van der Waals surface area contributed by atoms with Gasteiger partial charge in [0.2, 0.25) is 0 Å². The van der Waals surface area contributed by atoms with Crippen molar-refractivity contribution in [3.8, 4) is 16.3 Å². The van der Waals surface area contributed by atoms with Crippen molar-refractivity contribution in [3.05, 3.63) is 64.6 Å². The molecule has 0 radical (unpaired) electrons. The molecule has 3 rings (SSSR count). The lowest BCUT2D eigenvalue weighted by atomic mass is 10.2. The number of benzene rings is 2. The minimum atomic E-state index is 0.301. The fraction of sp³-hybridized carbons (Fsp3) is 0.111. The molecular weight excluding hydrogens is 356 g/mol. The number of halogens is 1. The number of nitrogens with zero attached hydrogens (tertiary/aromatic N) is 2. The van der Waals surface area contributed by atoms with Crippen LogP contribution in [0.2, 0.25) is 5.02 Å². The lowest BCUT2D eigenvalue weighted by Gasteiger charge is -2.08. The van der Waals surface area contributed by atoms with Gasteiger partial charge in [-0.05, 0) is 18.2 Å². The zero-order valence-corrected chi connectivity index (χ0v) is 15.1. The molecule has 0 bridgehead atoms. The Morgan fingerprint density at radius 3 is 2.80 bits per heavy atom. The fourth-order valence-electron chi connectivity index (χ4n) is 2.19. The van der Waals surface area contributed by atoms with Crippen LogP contribution in [0, 0.1) is 0 Å². The van der Waals surface area contributed by atoms with E-state index in [-0.39, 0.29) is 0 Å². The Morgan fingerprint density at radius 2 is 2.08 bits per heavy atom. The van der Waals surface area contributed by atoms with Crippen LogP contribution in [-0.4, -0.2) is 18.1 Å². The summed E-state index contributed by atoms with van der Waals surface area (Å²) in [6.45, 7) is 0.409. The second-order valence-electron chi connectivity index (χ2n) is 5.19. The first kappa shape index (κ1) is 17.3. The number of aromatic nitrogens is 1. The largest absolute Gasteiger partial charge is 0.495 e. The van der Waals surface area contributed by atoms with E-state index in [9.17, 15) is 0 Å². The molecule has 3 aromatic rings. The normalized spacial score (nSPS) is 11.4. The monoisotopic (exact) mass is 372 g/mol. The second kappa shape index (κ2) is 8.00. The molecule has 0 aliphatic heterocycles. The molecule has 0 aliphatic carbocycles. The van der Waals surface area contributed by atoms with Gasteiger partial charge in [0.25, 0.3) is 0 Å². The third-order valence-electron chi connectivity index (χ3n) is 3.41. The molecule has 0 saturated carbocycles. The molecule has 7 heteroatoms. The third-order valence-corrected chi connectivity index (χ3v) is 4.64. The van der Waals surface area contributed by atoms with E-state index in [1.54, 1.807) is 30.6 Å². The highest BCUT2D eigenvalue weighted by Gasteiger charge is 2.05. The zero-order valence-electron chi connectivity index (χ0n) is 13.6. The predicted octanol–water partition coefficient (Wildman–Crippen LogP) is 4.40. The van der Waals surface area contributed by atoms with E-state index >= 15 is 0 Å². The van der Waals surface area contributed by atoms with E-state index in [2.05, 4.69) is 15.3 Å². The highest BCUT2D eigenvalue weighted by molar-refractivity contribution is 7.13. The van der Waals surface area contributed by atoms with Crippen molar-refractivity contribution in [2.24, 2.45) is 10.7 Å². The van der Waals surface area contributed by atoms with E-state index in [0.717, 1.165) is 22.0 Å². The van der Waals surface area contributed by atoms with E-state index in [4.69, 9.17) is 22.1 Å². The molecule has 0 saturated heterocycles. The first-order chi connectivity index (χ1) is 12.2. The van der Waals surface area contributed by atoms with Crippen LogP contribution in [0.5, 0.6) is 5.75 Å². The van der Waals surface area contributed by atoms with Crippen LogP contribution in [-0.2, 0) is 6.54 Å². The van der Waals surface area contributed by atoms with Crippen LogP contribution >= 0.6 is 22.9 Å². The summed E-state index contributed by atoms with van der Waals surface area (Å²) in [5.41, 5.74) is 8.65. The molecule has 1 heterocycles. The van der Waals surface area contributed by atoms with Gasteiger partial charge in [-0.2, -0.15) is 0 Å². The zero-order chi connectivity index (χ0) is 17.6. The summed E-state index contributed by atoms with van der Waals surface area (Å²) < 4.78 is 5.12. The molecule has 0 atom stereocenters. The number of nitrogens with two attached hydrogens (primary N) is 1. The summed E-state index contributed by atoms with van der Waals surface area (Å²) >= 11 is 7.68. The molecule has 25 heavy (non-hydrogen) atoms. The molecule has 0 amide bonds. The Morgan fingerprint density at radius 1 is 1.28 bits per heavy atom. The first-order valence-electron chi connectivity index (χ1n) is 7.56. The van der Waals surface area contributed by atoms with Crippen LogP contribution in [0.25, 0.3) is 10.6 Å². The molecule has 0 spiro atoms. The van der Waals surface area contributed by atoms with Crippen molar-refractivity contribution in [1.82, 2.24) is 4.98 Å². The maximum absolute atomic E-state index is 6.09. The number of rotatable bonds is 5. The number of aliphatic imine (C=N–C) groups is 1. The van der Waals surface area contributed by atoms with Crippen molar-refractivity contribution < 1.29 is 4.74 Å². The van der Waals surface area contributed by atoms with Gasteiger partial charge in [0, 0.05) is 16.6 Å². The van der Waals surface area contributed by atoms with E-state index in [1.807, 2.05) is 41.8 Å². The number of guanidine groups is 1. The average Bonchev–Trinajstić information content (AvgIpc) is 3.10. The van der Waals surface area contributed by atoms with Gasteiger partial charge in [-0.3, -0.25) is 0 Å². The van der Waals surface area contributed by atoms with Crippen LogP contribution in [0.4, 0.5) is 5.69 Å². The van der Waals surface area contributed by atoms with Crippen molar-refractivity contribution in [2.75, 3.05) is 12.4 Å². The highest BCUT2D eigenvalue weighted by atomic mass is 35.5. The number of ether oxygens (including phenoxy) is 1. The van der Waals surface area contributed by atoms with Crippen LogP contribution in [0.15, 0.2) is 58.9 Å². The van der Waals surface area contributed by atoms with Crippen molar-refractivity contribution in [1.29, 1.82) is 0 Å². The van der Waals surface area contributed by atoms with Crippen molar-refractivity contribution >= 4 is 34.6 Å². The topological polar surface area (TPSA) is 72.5 Å². The minimum Gasteiger partial charge on any atom is -0.495 e. The van der Waals surface area contributed by atoms with Crippen LogP contribution in [0.1, 0.15) is 5.69 Å². The molecule has 128 valence electrons. The van der Waals surface area contributed by atoms with Gasteiger partial charge in [-0.15, -0.1) is 11.3 Å². The molecular formula is C18H17ClN4OS. The second-order valence-corrected chi connectivity index (χ2v) is 6.45. The van der Waals surface area contributed by atoms with Crippen molar-refractivity contribution in [3.63, 3.8) is 0 Å². The van der Waals surface area contributed by atoms with Gasteiger partial charge in [-0.1, -0.05) is 41.9 Å². The lowest BCUT2D eigenvalue weighted by molar-refractivity contribution is 0.415. The number of methoxy groups -OCH3 is 1. The predicted molar refractivity (Wildman–Crippen MR) is 105 cm³/mol. The fourth-order valence-corrected chi connectivity index (χ4v) is 3.27. The number of hydrogen-bond donors (Lipinski definition) is 2. The average molecular weight is 373 g/mol. The van der Waals surface area contributed by atoms with Crippen molar-refractivity contribution in [2.45, 2.75) is 6.54 Å². The van der Waals surface area contributed by atoms with E-state index in [1.165, 1.54) is 0 Å². The molecule has 2 aromatic carbocycles. The molecule has 0 aliphatic rings. The van der Waals surface area contributed by atoms with Gasteiger partial charge in [0.15, 0.2) is 5.96 Å². The van der Waals surface area contributed by atoms with Gasteiger partial charge >= 0.3 is 0 Å². The number of anilines is 1. The summed E-state index contributed by atoms with van der Waals surface area (Å²) in [4.78, 5) is 8.91. The molecule has 1 aromatic heterocycles. The highest BCUT2D eigenvalue weighted by Crippen LogP contribution is 2.27. The van der Waals surface area contributed by atoms with Gasteiger partial charge < -0.3 is 15.8 Å². The Balaban J connectivity index is 1.64. The van der Waals surface area contributed by atoms with Gasteiger partial charge in [0.1, 0.15) is 10.8 Å². The molecule has 3 N–H and O–H groups in total. The Kier molecular flexibility index (Phi) is 5.53. The summed E-state index contributed by atoms with van der Waals surface area (Å²) in [6.07, 6.45) is 0. The van der Waals surface area contributed by atoms with Gasteiger partial charge in [-0.25, -0.2) is 9.98 Å². The maximum atomic E-state index is 6.09. The SMILES string of the molecule is COc1ccc(NC(N)=NCc2csc(-c3ccccc3)n2)cc1Cl. The third kappa shape index (κ3) is 4.49. The quantitative estimate of drug-likeness (QED) is 0.514. The van der Waals surface area contributed by atoms with Crippen LogP contribution in [0.3, 0.4) is 0 Å². The Labute approximate surface area is 155 Å². The molecule has 0 unspecified atom stereocenters. The number of hydrogen-bond acceptors (Lipinski definition) is 4. The Hall–Kier alpha value is -2.57. The number of nitrogens with one attached hydrogen (secondary N) is 1. The minimum absolute atomic E-state index is 0.301. The van der Waals surface area contributed by atoms with Crippen LogP contribution < -0.4 is 15.8 Å². The first-order valence-corrected chi connectivity index (χ1v) is 8.82.